The fourth-order valence-corrected chi connectivity index (χ4v) is 4.70. The van der Waals surface area contributed by atoms with Crippen molar-refractivity contribution in [1.82, 2.24) is 4.98 Å². The van der Waals surface area contributed by atoms with Gasteiger partial charge in [-0.25, -0.2) is 0 Å². The molecule has 0 amide bonds. The number of aryl methyl sites for hydroxylation is 3. The summed E-state index contributed by atoms with van der Waals surface area (Å²) >= 11 is 0. The lowest BCUT2D eigenvalue weighted by atomic mass is 9.90. The van der Waals surface area contributed by atoms with Crippen LogP contribution < -0.4 is 4.74 Å². The minimum absolute atomic E-state index is 0.0657. The fraction of sp³-hybridized carbons (Fsp3) is 0.156. The van der Waals surface area contributed by atoms with Crippen molar-refractivity contribution >= 4 is 10.9 Å². The summed E-state index contributed by atoms with van der Waals surface area (Å²) in [5, 5.41) is 0.447. The minimum Gasteiger partial charge on any atom is -0.489 e. The van der Waals surface area contributed by atoms with Crippen molar-refractivity contribution in [3.8, 4) is 28.0 Å². The monoisotopic (exact) mass is 497 g/mol. The molecule has 5 rings (SSSR count). The number of hydrogen-bond acceptors (Lipinski definition) is 2. The Balaban J connectivity index is 1.67. The second-order valence-corrected chi connectivity index (χ2v) is 9.31. The van der Waals surface area contributed by atoms with Gasteiger partial charge in [0.15, 0.2) is 0 Å². The summed E-state index contributed by atoms with van der Waals surface area (Å²) in [6, 6.07) is 25.8. The number of ether oxygens (including phenoxy) is 1. The summed E-state index contributed by atoms with van der Waals surface area (Å²) in [6.07, 6.45) is -2.95. The van der Waals surface area contributed by atoms with Crippen molar-refractivity contribution in [3.05, 3.63) is 119 Å². The zero-order valence-corrected chi connectivity index (χ0v) is 20.9. The van der Waals surface area contributed by atoms with Gasteiger partial charge in [0.05, 0.1) is 11.1 Å². The van der Waals surface area contributed by atoms with Crippen LogP contribution in [0.4, 0.5) is 13.2 Å². The molecule has 1 heterocycles. The van der Waals surface area contributed by atoms with Crippen LogP contribution in [0.5, 0.6) is 5.75 Å². The number of alkyl halides is 3. The third-order valence-corrected chi connectivity index (χ3v) is 6.66. The van der Waals surface area contributed by atoms with Crippen LogP contribution in [0.25, 0.3) is 33.2 Å². The molecule has 0 fully saturated rings. The van der Waals surface area contributed by atoms with Crippen LogP contribution in [0, 0.1) is 20.8 Å². The number of nitrogens with zero attached hydrogens (tertiary/aromatic N) is 1. The molecule has 0 unspecified atom stereocenters. The largest absolute Gasteiger partial charge is 0.489 e. The van der Waals surface area contributed by atoms with Gasteiger partial charge in [0.1, 0.15) is 12.4 Å². The Labute approximate surface area is 214 Å². The first-order chi connectivity index (χ1) is 17.7. The van der Waals surface area contributed by atoms with E-state index in [1.807, 2.05) is 69.3 Å². The smallest absolute Gasteiger partial charge is 0.418 e. The first-order valence-corrected chi connectivity index (χ1v) is 12.1. The zero-order chi connectivity index (χ0) is 26.2. The molecule has 0 saturated carbocycles. The topological polar surface area (TPSA) is 22.1 Å². The van der Waals surface area contributed by atoms with Crippen LogP contribution in [0.15, 0.2) is 91.1 Å². The molecule has 37 heavy (non-hydrogen) atoms. The average molecular weight is 498 g/mol. The SMILES string of the molecule is Cc1ccc(C)c(COc2cccc(-c3c(-c4ccccc4C)cnc4c(C(F)(F)F)cccc34)c2)c1. The van der Waals surface area contributed by atoms with Crippen LogP contribution >= 0.6 is 0 Å². The van der Waals surface area contributed by atoms with Gasteiger partial charge < -0.3 is 4.74 Å². The number of halogens is 3. The Morgan fingerprint density at radius 1 is 0.757 bits per heavy atom. The van der Waals surface area contributed by atoms with Crippen LogP contribution in [-0.4, -0.2) is 4.98 Å². The first kappa shape index (κ1) is 24.6. The van der Waals surface area contributed by atoms with E-state index in [4.69, 9.17) is 4.74 Å². The molecule has 4 aromatic carbocycles. The molecule has 0 atom stereocenters. The van der Waals surface area contributed by atoms with Gasteiger partial charge in [0, 0.05) is 22.7 Å². The van der Waals surface area contributed by atoms with E-state index < -0.39 is 11.7 Å². The highest BCUT2D eigenvalue weighted by atomic mass is 19.4. The highest BCUT2D eigenvalue weighted by Crippen LogP contribution is 2.42. The molecule has 0 radical (unpaired) electrons. The third kappa shape index (κ3) is 4.94. The van der Waals surface area contributed by atoms with Crippen molar-refractivity contribution in [2.24, 2.45) is 0 Å². The Bertz CT molecular complexity index is 1600. The second-order valence-electron chi connectivity index (χ2n) is 9.31. The Morgan fingerprint density at radius 3 is 2.32 bits per heavy atom. The van der Waals surface area contributed by atoms with E-state index in [0.29, 0.717) is 23.3 Å². The summed E-state index contributed by atoms with van der Waals surface area (Å²) in [6.45, 7) is 6.47. The van der Waals surface area contributed by atoms with Gasteiger partial charge in [-0.3, -0.25) is 4.98 Å². The van der Waals surface area contributed by atoms with Gasteiger partial charge in [-0.15, -0.1) is 0 Å². The fourth-order valence-electron chi connectivity index (χ4n) is 4.70. The maximum absolute atomic E-state index is 13.9. The average Bonchev–Trinajstić information content (AvgIpc) is 2.88. The lowest BCUT2D eigenvalue weighted by Gasteiger charge is -2.18. The van der Waals surface area contributed by atoms with E-state index >= 15 is 0 Å². The van der Waals surface area contributed by atoms with E-state index in [-0.39, 0.29) is 5.52 Å². The highest BCUT2D eigenvalue weighted by Gasteiger charge is 2.33. The molecule has 1 aromatic heterocycles. The van der Waals surface area contributed by atoms with Gasteiger partial charge in [-0.2, -0.15) is 13.2 Å². The number of rotatable bonds is 5. The normalized spacial score (nSPS) is 11.6. The lowest BCUT2D eigenvalue weighted by Crippen LogP contribution is -2.07. The molecule has 5 heteroatoms. The number of fused-ring (bicyclic) bond motifs is 1. The van der Waals surface area contributed by atoms with Crippen molar-refractivity contribution in [2.75, 3.05) is 0 Å². The molecular formula is C32H26F3NO. The summed E-state index contributed by atoms with van der Waals surface area (Å²) in [4.78, 5) is 4.32. The maximum Gasteiger partial charge on any atom is 0.418 e. The molecular weight excluding hydrogens is 471 g/mol. The summed E-state index contributed by atoms with van der Waals surface area (Å²) in [5.74, 6) is 0.645. The van der Waals surface area contributed by atoms with Gasteiger partial charge >= 0.3 is 6.18 Å². The summed E-state index contributed by atoms with van der Waals surface area (Å²) < 4.78 is 47.8. The predicted octanol–water partition coefficient (Wildman–Crippen LogP) is 9.09. The Morgan fingerprint density at radius 2 is 1.54 bits per heavy atom. The van der Waals surface area contributed by atoms with Crippen molar-refractivity contribution in [1.29, 1.82) is 0 Å². The Kier molecular flexibility index (Phi) is 6.46. The van der Waals surface area contributed by atoms with Gasteiger partial charge in [-0.05, 0) is 66.8 Å². The van der Waals surface area contributed by atoms with E-state index in [1.54, 1.807) is 12.3 Å². The third-order valence-electron chi connectivity index (χ3n) is 6.66. The molecule has 0 bridgehead atoms. The van der Waals surface area contributed by atoms with E-state index in [9.17, 15) is 13.2 Å². The van der Waals surface area contributed by atoms with Crippen molar-refractivity contribution in [2.45, 2.75) is 33.6 Å². The van der Waals surface area contributed by atoms with Crippen LogP contribution in [0.3, 0.4) is 0 Å². The van der Waals surface area contributed by atoms with Crippen molar-refractivity contribution in [3.63, 3.8) is 0 Å². The van der Waals surface area contributed by atoms with E-state index in [1.165, 1.54) is 6.07 Å². The van der Waals surface area contributed by atoms with Crippen LogP contribution in [-0.2, 0) is 12.8 Å². The van der Waals surface area contributed by atoms with Gasteiger partial charge in [0.25, 0.3) is 0 Å². The number of pyridine rings is 1. The quantitative estimate of drug-likeness (QED) is 0.242. The molecule has 186 valence electrons. The molecule has 0 aliphatic rings. The maximum atomic E-state index is 13.9. The zero-order valence-electron chi connectivity index (χ0n) is 20.9. The Hall–Kier alpha value is -4.12. The standard InChI is InChI=1S/C32H26F3NO/c1-20-14-15-21(2)24(16-20)19-37-25-10-6-9-23(17-25)30-27-12-7-13-29(32(33,34)35)31(27)36-18-28(30)26-11-5-4-8-22(26)3/h4-18H,19H2,1-3H3. The van der Waals surface area contributed by atoms with Gasteiger partial charge in [0.2, 0.25) is 0 Å². The minimum atomic E-state index is -4.51. The molecule has 2 nitrogen and oxygen atoms in total. The van der Waals surface area contributed by atoms with Gasteiger partial charge in [-0.1, -0.05) is 72.3 Å². The molecule has 0 aliphatic heterocycles. The number of para-hydroxylation sites is 1. The molecule has 5 aromatic rings. The first-order valence-electron chi connectivity index (χ1n) is 12.1. The molecule has 0 saturated heterocycles. The summed E-state index contributed by atoms with van der Waals surface area (Å²) in [5.41, 5.74) is 6.75. The summed E-state index contributed by atoms with van der Waals surface area (Å²) in [7, 11) is 0. The van der Waals surface area contributed by atoms with Crippen LogP contribution in [0.2, 0.25) is 0 Å². The lowest BCUT2D eigenvalue weighted by molar-refractivity contribution is -0.136. The van der Waals surface area contributed by atoms with Crippen LogP contribution in [0.1, 0.15) is 27.8 Å². The second kappa shape index (κ2) is 9.74. The highest BCUT2D eigenvalue weighted by molar-refractivity contribution is 6.03. The number of aromatic nitrogens is 1. The van der Waals surface area contributed by atoms with E-state index in [2.05, 4.69) is 23.2 Å². The molecule has 0 aliphatic carbocycles. The molecule has 0 N–H and O–H groups in total. The van der Waals surface area contributed by atoms with E-state index in [0.717, 1.165) is 45.0 Å². The number of benzene rings is 4. The van der Waals surface area contributed by atoms with Crippen molar-refractivity contribution < 1.29 is 17.9 Å². The predicted molar refractivity (Wildman–Crippen MR) is 143 cm³/mol. The number of hydrogen-bond donors (Lipinski definition) is 0. The molecule has 0 spiro atoms.